The minimum atomic E-state index is -0.650. The van der Waals surface area contributed by atoms with Gasteiger partial charge in [0.1, 0.15) is 6.17 Å². The zero-order valence-electron chi connectivity index (χ0n) is 5.86. The van der Waals surface area contributed by atoms with Crippen LogP contribution in [0.5, 0.6) is 0 Å². The lowest BCUT2D eigenvalue weighted by Gasteiger charge is -2.12. The summed E-state index contributed by atoms with van der Waals surface area (Å²) >= 11 is 0. The summed E-state index contributed by atoms with van der Waals surface area (Å²) in [5.74, 6) is 0. The van der Waals surface area contributed by atoms with E-state index in [1.807, 2.05) is 6.92 Å². The summed E-state index contributed by atoms with van der Waals surface area (Å²) in [6.07, 6.45) is 1.99. The van der Waals surface area contributed by atoms with Gasteiger partial charge in [-0.3, -0.25) is 0 Å². The number of hydrogen-bond donors (Lipinski definition) is 1. The third-order valence-corrected chi connectivity index (χ3v) is 2.21. The van der Waals surface area contributed by atoms with Crippen molar-refractivity contribution in [1.82, 2.24) is 0 Å². The summed E-state index contributed by atoms with van der Waals surface area (Å²) in [5, 5.41) is 0. The van der Waals surface area contributed by atoms with Gasteiger partial charge in [-0.25, -0.2) is 4.39 Å². The van der Waals surface area contributed by atoms with Gasteiger partial charge in [0.2, 0.25) is 0 Å². The molecule has 0 spiro atoms. The van der Waals surface area contributed by atoms with Crippen LogP contribution < -0.4 is 5.73 Å². The smallest absolute Gasteiger partial charge is 0.107 e. The molecule has 1 fully saturated rings. The molecule has 0 heterocycles. The Bertz CT molecular complexity index is 99.1. The average Bonchev–Trinajstić information content (AvgIpc) is 2.50. The van der Waals surface area contributed by atoms with Crippen molar-refractivity contribution in [3.63, 3.8) is 0 Å². The molecule has 0 amide bonds. The van der Waals surface area contributed by atoms with E-state index >= 15 is 0 Å². The zero-order valence-corrected chi connectivity index (χ0v) is 5.86. The summed E-state index contributed by atoms with van der Waals surface area (Å²) in [6.45, 7) is 2.48. The molecule has 2 heteroatoms. The summed E-state index contributed by atoms with van der Waals surface area (Å²) in [5.41, 5.74) is 5.23. The van der Waals surface area contributed by atoms with Gasteiger partial charge >= 0.3 is 0 Å². The van der Waals surface area contributed by atoms with Crippen LogP contribution in [-0.2, 0) is 0 Å². The zero-order chi connectivity index (χ0) is 6.91. The SMILES string of the molecule is CC1(C(F)CCN)CC1. The average molecular weight is 131 g/mol. The fraction of sp³-hybridized carbons (Fsp3) is 1.00. The second-order valence-corrected chi connectivity index (χ2v) is 3.20. The van der Waals surface area contributed by atoms with Gasteiger partial charge in [0.15, 0.2) is 0 Å². The molecule has 0 aliphatic heterocycles. The lowest BCUT2D eigenvalue weighted by Crippen LogP contribution is -2.17. The Hall–Kier alpha value is -0.110. The Morgan fingerprint density at radius 3 is 2.56 bits per heavy atom. The molecule has 1 rings (SSSR count). The molecule has 0 saturated heterocycles. The number of hydrogen-bond acceptors (Lipinski definition) is 1. The normalized spacial score (nSPS) is 25.7. The Morgan fingerprint density at radius 2 is 2.22 bits per heavy atom. The maximum atomic E-state index is 12.9. The van der Waals surface area contributed by atoms with Crippen LogP contribution in [0.2, 0.25) is 0 Å². The molecule has 1 saturated carbocycles. The molecule has 1 atom stereocenters. The molecule has 1 aliphatic rings. The Balaban J connectivity index is 2.24. The summed E-state index contributed by atoms with van der Waals surface area (Å²) in [7, 11) is 0. The number of rotatable bonds is 3. The second kappa shape index (κ2) is 2.25. The van der Waals surface area contributed by atoms with Gasteiger partial charge in [0.25, 0.3) is 0 Å². The molecule has 0 aromatic rings. The van der Waals surface area contributed by atoms with Gasteiger partial charge in [-0.1, -0.05) is 6.92 Å². The summed E-state index contributed by atoms with van der Waals surface area (Å²) < 4.78 is 12.9. The van der Waals surface area contributed by atoms with Crippen LogP contribution in [-0.4, -0.2) is 12.7 Å². The summed E-state index contributed by atoms with van der Waals surface area (Å²) in [6, 6.07) is 0. The lowest BCUT2D eigenvalue weighted by molar-refractivity contribution is 0.213. The van der Waals surface area contributed by atoms with E-state index in [2.05, 4.69) is 0 Å². The molecular weight excluding hydrogens is 117 g/mol. The molecule has 9 heavy (non-hydrogen) atoms. The highest BCUT2D eigenvalue weighted by Gasteiger charge is 2.44. The second-order valence-electron chi connectivity index (χ2n) is 3.20. The maximum Gasteiger partial charge on any atom is 0.107 e. The van der Waals surface area contributed by atoms with E-state index in [-0.39, 0.29) is 5.41 Å². The third kappa shape index (κ3) is 1.42. The first-order chi connectivity index (χ1) is 4.19. The van der Waals surface area contributed by atoms with E-state index < -0.39 is 6.17 Å². The molecule has 0 radical (unpaired) electrons. The fourth-order valence-electron chi connectivity index (χ4n) is 1.01. The molecule has 0 aromatic heterocycles. The van der Waals surface area contributed by atoms with Crippen molar-refractivity contribution in [2.24, 2.45) is 11.1 Å². The minimum absolute atomic E-state index is 0.0133. The maximum absolute atomic E-state index is 12.9. The predicted octanol–water partition coefficient (Wildman–Crippen LogP) is 1.47. The fourth-order valence-corrected chi connectivity index (χ4v) is 1.01. The van der Waals surface area contributed by atoms with E-state index in [9.17, 15) is 4.39 Å². The van der Waals surface area contributed by atoms with Crippen LogP contribution in [0.3, 0.4) is 0 Å². The number of alkyl halides is 1. The number of nitrogens with two attached hydrogens (primary N) is 1. The van der Waals surface area contributed by atoms with Crippen molar-refractivity contribution in [3.05, 3.63) is 0 Å². The molecule has 2 N–H and O–H groups in total. The third-order valence-electron chi connectivity index (χ3n) is 2.21. The molecule has 0 bridgehead atoms. The van der Waals surface area contributed by atoms with Crippen molar-refractivity contribution in [3.8, 4) is 0 Å². The lowest BCUT2D eigenvalue weighted by atomic mass is 10.0. The molecule has 54 valence electrons. The Morgan fingerprint density at radius 1 is 1.67 bits per heavy atom. The molecule has 0 aromatic carbocycles. The highest BCUT2D eigenvalue weighted by Crippen LogP contribution is 2.50. The van der Waals surface area contributed by atoms with Gasteiger partial charge in [-0.15, -0.1) is 0 Å². The quantitative estimate of drug-likeness (QED) is 0.616. The van der Waals surface area contributed by atoms with Crippen LogP contribution in [0.25, 0.3) is 0 Å². The van der Waals surface area contributed by atoms with Crippen LogP contribution in [0.4, 0.5) is 4.39 Å². The highest BCUT2D eigenvalue weighted by atomic mass is 19.1. The monoisotopic (exact) mass is 131 g/mol. The van der Waals surface area contributed by atoms with Crippen molar-refractivity contribution in [2.45, 2.75) is 32.4 Å². The molecule has 1 aliphatic carbocycles. The van der Waals surface area contributed by atoms with Crippen LogP contribution >= 0.6 is 0 Å². The van der Waals surface area contributed by atoms with Crippen LogP contribution in [0.1, 0.15) is 26.2 Å². The van der Waals surface area contributed by atoms with Crippen molar-refractivity contribution in [1.29, 1.82) is 0 Å². The van der Waals surface area contributed by atoms with E-state index in [4.69, 9.17) is 5.73 Å². The van der Waals surface area contributed by atoms with E-state index in [1.54, 1.807) is 0 Å². The van der Waals surface area contributed by atoms with Gasteiger partial charge in [-0.2, -0.15) is 0 Å². The first-order valence-corrected chi connectivity index (χ1v) is 3.53. The van der Waals surface area contributed by atoms with E-state index in [0.29, 0.717) is 13.0 Å². The molecular formula is C7H14FN. The van der Waals surface area contributed by atoms with E-state index in [0.717, 1.165) is 12.8 Å². The van der Waals surface area contributed by atoms with Gasteiger partial charge in [0.05, 0.1) is 0 Å². The van der Waals surface area contributed by atoms with Crippen molar-refractivity contribution in [2.75, 3.05) is 6.54 Å². The van der Waals surface area contributed by atoms with E-state index in [1.165, 1.54) is 0 Å². The van der Waals surface area contributed by atoms with Crippen molar-refractivity contribution < 1.29 is 4.39 Å². The minimum Gasteiger partial charge on any atom is -0.330 e. The molecule has 1 unspecified atom stereocenters. The van der Waals surface area contributed by atoms with Gasteiger partial charge in [-0.05, 0) is 31.2 Å². The standard InChI is InChI=1S/C7H14FN/c1-7(3-4-7)6(8)2-5-9/h6H,2-5,9H2,1H3. The first kappa shape index (κ1) is 7.00. The highest BCUT2D eigenvalue weighted by molar-refractivity contribution is 4.94. The largest absolute Gasteiger partial charge is 0.330 e. The number of halogens is 1. The van der Waals surface area contributed by atoms with Crippen LogP contribution in [0, 0.1) is 5.41 Å². The predicted molar refractivity (Wildman–Crippen MR) is 35.9 cm³/mol. The first-order valence-electron chi connectivity index (χ1n) is 3.53. The summed E-state index contributed by atoms with van der Waals surface area (Å²) in [4.78, 5) is 0. The van der Waals surface area contributed by atoms with Gasteiger partial charge < -0.3 is 5.73 Å². The Kier molecular flexibility index (Phi) is 1.75. The van der Waals surface area contributed by atoms with Crippen LogP contribution in [0.15, 0.2) is 0 Å². The molecule has 1 nitrogen and oxygen atoms in total. The topological polar surface area (TPSA) is 26.0 Å². The van der Waals surface area contributed by atoms with Gasteiger partial charge in [0, 0.05) is 0 Å². The van der Waals surface area contributed by atoms with Crippen molar-refractivity contribution >= 4 is 0 Å². The Labute approximate surface area is 55.4 Å².